The van der Waals surface area contributed by atoms with Crippen molar-refractivity contribution in [3.8, 4) is 0 Å². The molecule has 1 fully saturated rings. The van der Waals surface area contributed by atoms with E-state index in [1.54, 1.807) is 0 Å². The molecule has 0 radical (unpaired) electrons. The van der Waals surface area contributed by atoms with Gasteiger partial charge in [0.2, 0.25) is 0 Å². The predicted molar refractivity (Wildman–Crippen MR) is 61.7 cm³/mol. The summed E-state index contributed by atoms with van der Waals surface area (Å²) >= 11 is 0. The predicted octanol–water partition coefficient (Wildman–Crippen LogP) is 2.14. The molecule has 2 rings (SSSR count). The average Bonchev–Trinajstić information content (AvgIpc) is 2.96. The van der Waals surface area contributed by atoms with Gasteiger partial charge >= 0.3 is 0 Å². The Kier molecular flexibility index (Phi) is 2.83. The minimum Gasteiger partial charge on any atom is -0.330 e. The largest absolute Gasteiger partial charge is 0.330 e. The maximum atomic E-state index is 5.70. The molecule has 3 nitrogen and oxygen atoms in total. The zero-order chi connectivity index (χ0) is 10.9. The molecule has 1 aliphatic carbocycles. The molecular weight excluding hydrogens is 186 g/mol. The van der Waals surface area contributed by atoms with Gasteiger partial charge in [-0.15, -0.1) is 0 Å². The van der Waals surface area contributed by atoms with Gasteiger partial charge < -0.3 is 5.73 Å². The van der Waals surface area contributed by atoms with E-state index in [0.29, 0.717) is 0 Å². The van der Waals surface area contributed by atoms with Crippen molar-refractivity contribution in [1.29, 1.82) is 0 Å². The van der Waals surface area contributed by atoms with Crippen molar-refractivity contribution in [1.82, 2.24) is 9.78 Å². The summed E-state index contributed by atoms with van der Waals surface area (Å²) in [4.78, 5) is 0. The molecule has 1 saturated carbocycles. The summed E-state index contributed by atoms with van der Waals surface area (Å²) < 4.78 is 2.06. The SMILES string of the molecule is CC(C)(CN)CCn1ccc(C2CC2)n1. The van der Waals surface area contributed by atoms with Crippen LogP contribution in [0.1, 0.15) is 44.7 Å². The second kappa shape index (κ2) is 3.97. The van der Waals surface area contributed by atoms with Crippen LogP contribution < -0.4 is 5.73 Å². The molecular formula is C12H21N3. The molecule has 0 unspecified atom stereocenters. The highest BCUT2D eigenvalue weighted by molar-refractivity contribution is 5.12. The number of nitrogens with two attached hydrogens (primary N) is 1. The van der Waals surface area contributed by atoms with Crippen molar-refractivity contribution in [2.75, 3.05) is 6.54 Å². The second-order valence-corrected chi connectivity index (χ2v) is 5.40. The fourth-order valence-electron chi connectivity index (χ4n) is 1.62. The molecule has 84 valence electrons. The van der Waals surface area contributed by atoms with Crippen LogP contribution in [0.25, 0.3) is 0 Å². The summed E-state index contributed by atoms with van der Waals surface area (Å²) in [6.07, 6.45) is 5.84. The van der Waals surface area contributed by atoms with E-state index in [0.717, 1.165) is 25.4 Å². The van der Waals surface area contributed by atoms with E-state index in [9.17, 15) is 0 Å². The Bertz CT molecular complexity index is 323. The Labute approximate surface area is 91.7 Å². The molecule has 15 heavy (non-hydrogen) atoms. The first-order chi connectivity index (χ1) is 7.11. The number of hydrogen-bond donors (Lipinski definition) is 1. The first kappa shape index (κ1) is 10.7. The summed E-state index contributed by atoms with van der Waals surface area (Å²) in [5.41, 5.74) is 7.21. The lowest BCUT2D eigenvalue weighted by atomic mass is 9.90. The number of hydrogen-bond acceptors (Lipinski definition) is 2. The number of aromatic nitrogens is 2. The lowest BCUT2D eigenvalue weighted by Crippen LogP contribution is -2.25. The third-order valence-corrected chi connectivity index (χ3v) is 3.23. The molecule has 1 aliphatic rings. The lowest BCUT2D eigenvalue weighted by Gasteiger charge is -2.21. The van der Waals surface area contributed by atoms with Gasteiger partial charge in [0.05, 0.1) is 5.69 Å². The van der Waals surface area contributed by atoms with Crippen LogP contribution in [0.3, 0.4) is 0 Å². The van der Waals surface area contributed by atoms with Crippen LogP contribution in [-0.2, 0) is 6.54 Å². The van der Waals surface area contributed by atoms with E-state index in [1.165, 1.54) is 18.5 Å². The minimum absolute atomic E-state index is 0.228. The van der Waals surface area contributed by atoms with Gasteiger partial charge in [-0.3, -0.25) is 4.68 Å². The Hall–Kier alpha value is -0.830. The molecule has 0 amide bonds. The Balaban J connectivity index is 1.87. The first-order valence-corrected chi connectivity index (χ1v) is 5.84. The zero-order valence-corrected chi connectivity index (χ0v) is 9.74. The summed E-state index contributed by atoms with van der Waals surface area (Å²) in [6, 6.07) is 2.16. The van der Waals surface area contributed by atoms with Crippen molar-refractivity contribution in [3.63, 3.8) is 0 Å². The van der Waals surface area contributed by atoms with E-state index in [1.807, 2.05) is 0 Å². The minimum atomic E-state index is 0.228. The molecule has 0 aliphatic heterocycles. The van der Waals surface area contributed by atoms with E-state index < -0.39 is 0 Å². The zero-order valence-electron chi connectivity index (χ0n) is 9.74. The Morgan fingerprint density at radius 2 is 2.27 bits per heavy atom. The highest BCUT2D eigenvalue weighted by atomic mass is 15.3. The normalized spacial score (nSPS) is 17.0. The average molecular weight is 207 g/mol. The van der Waals surface area contributed by atoms with E-state index in [-0.39, 0.29) is 5.41 Å². The third-order valence-electron chi connectivity index (χ3n) is 3.23. The van der Waals surface area contributed by atoms with E-state index in [2.05, 4.69) is 35.9 Å². The van der Waals surface area contributed by atoms with Gasteiger partial charge in [0, 0.05) is 18.7 Å². The summed E-state index contributed by atoms with van der Waals surface area (Å²) in [5.74, 6) is 0.758. The standard InChI is InChI=1S/C12H21N3/c1-12(2,9-13)6-8-15-7-5-11(14-15)10-3-4-10/h5,7,10H,3-4,6,8-9,13H2,1-2H3. The van der Waals surface area contributed by atoms with Crippen molar-refractivity contribution in [2.45, 2.75) is 45.6 Å². The van der Waals surface area contributed by atoms with Crippen LogP contribution in [-0.4, -0.2) is 16.3 Å². The third kappa shape index (κ3) is 2.81. The quantitative estimate of drug-likeness (QED) is 0.804. The second-order valence-electron chi connectivity index (χ2n) is 5.40. The van der Waals surface area contributed by atoms with Crippen LogP contribution in [0.15, 0.2) is 12.3 Å². The van der Waals surface area contributed by atoms with Crippen LogP contribution >= 0.6 is 0 Å². The highest BCUT2D eigenvalue weighted by Gasteiger charge is 2.25. The van der Waals surface area contributed by atoms with Crippen molar-refractivity contribution < 1.29 is 0 Å². The van der Waals surface area contributed by atoms with Gasteiger partial charge in [-0.05, 0) is 37.3 Å². The van der Waals surface area contributed by atoms with E-state index >= 15 is 0 Å². The molecule has 1 aromatic rings. The topological polar surface area (TPSA) is 43.8 Å². The fraction of sp³-hybridized carbons (Fsp3) is 0.750. The number of nitrogens with zero attached hydrogens (tertiary/aromatic N) is 2. The molecule has 0 atom stereocenters. The summed E-state index contributed by atoms with van der Waals surface area (Å²) in [7, 11) is 0. The molecule has 3 heteroatoms. The van der Waals surface area contributed by atoms with Gasteiger partial charge in [0.15, 0.2) is 0 Å². The van der Waals surface area contributed by atoms with Gasteiger partial charge in [-0.1, -0.05) is 13.8 Å². The molecule has 0 spiro atoms. The first-order valence-electron chi connectivity index (χ1n) is 5.84. The summed E-state index contributed by atoms with van der Waals surface area (Å²) in [5, 5.41) is 4.59. The van der Waals surface area contributed by atoms with Crippen LogP contribution in [0, 0.1) is 5.41 Å². The molecule has 0 saturated heterocycles. The summed E-state index contributed by atoms with van der Waals surface area (Å²) in [6.45, 7) is 6.14. The highest BCUT2D eigenvalue weighted by Crippen LogP contribution is 2.38. The Morgan fingerprint density at radius 1 is 1.53 bits per heavy atom. The van der Waals surface area contributed by atoms with Crippen LogP contribution in [0.4, 0.5) is 0 Å². The van der Waals surface area contributed by atoms with Crippen molar-refractivity contribution in [3.05, 3.63) is 18.0 Å². The van der Waals surface area contributed by atoms with Crippen LogP contribution in [0.5, 0.6) is 0 Å². The maximum absolute atomic E-state index is 5.70. The molecule has 0 bridgehead atoms. The van der Waals surface area contributed by atoms with Gasteiger partial charge in [0.25, 0.3) is 0 Å². The molecule has 0 aromatic carbocycles. The van der Waals surface area contributed by atoms with Gasteiger partial charge in [-0.25, -0.2) is 0 Å². The van der Waals surface area contributed by atoms with Gasteiger partial charge in [0.1, 0.15) is 0 Å². The van der Waals surface area contributed by atoms with Crippen molar-refractivity contribution >= 4 is 0 Å². The monoisotopic (exact) mass is 207 g/mol. The van der Waals surface area contributed by atoms with Crippen molar-refractivity contribution in [2.24, 2.45) is 11.1 Å². The number of aryl methyl sites for hydroxylation is 1. The van der Waals surface area contributed by atoms with E-state index in [4.69, 9.17) is 5.73 Å². The molecule has 1 heterocycles. The molecule has 2 N–H and O–H groups in total. The lowest BCUT2D eigenvalue weighted by molar-refractivity contribution is 0.316. The van der Waals surface area contributed by atoms with Gasteiger partial charge in [-0.2, -0.15) is 5.10 Å². The number of rotatable bonds is 5. The fourth-order valence-corrected chi connectivity index (χ4v) is 1.62. The van der Waals surface area contributed by atoms with Crippen LogP contribution in [0.2, 0.25) is 0 Å². The Morgan fingerprint density at radius 3 is 2.87 bits per heavy atom. The maximum Gasteiger partial charge on any atom is 0.0655 e. The molecule has 1 aromatic heterocycles. The smallest absolute Gasteiger partial charge is 0.0655 e.